The number of rotatable bonds is 4. The highest BCUT2D eigenvalue weighted by atomic mass is 32.2. The number of ether oxygens (including phenoxy) is 1. The van der Waals surface area contributed by atoms with Crippen molar-refractivity contribution in [1.29, 1.82) is 0 Å². The number of nitrogens with zero attached hydrogens (tertiary/aromatic N) is 1. The molecule has 0 aliphatic carbocycles. The van der Waals surface area contributed by atoms with Crippen molar-refractivity contribution < 1.29 is 17.9 Å². The standard InChI is InChI=1S/C15H20N2O4S/c1-12-11-21-10-9-17(12)15(18)8-5-13-3-6-14(7-4-13)22(19,20)16-2/h3-8,12,16H,9-11H2,1-2H3. The highest BCUT2D eigenvalue weighted by Crippen LogP contribution is 2.12. The van der Waals surface area contributed by atoms with Crippen LogP contribution in [0.3, 0.4) is 0 Å². The van der Waals surface area contributed by atoms with Gasteiger partial charge in [-0.1, -0.05) is 12.1 Å². The third-order valence-electron chi connectivity index (χ3n) is 3.53. The van der Waals surface area contributed by atoms with Gasteiger partial charge in [-0.15, -0.1) is 0 Å². The molecule has 1 unspecified atom stereocenters. The predicted octanol–water partition coefficient (Wildman–Crippen LogP) is 0.855. The van der Waals surface area contributed by atoms with Crippen molar-refractivity contribution in [3.8, 4) is 0 Å². The molecule has 0 saturated carbocycles. The molecule has 0 bridgehead atoms. The Kier molecular flexibility index (Phi) is 5.33. The van der Waals surface area contributed by atoms with Gasteiger partial charge in [-0.2, -0.15) is 0 Å². The predicted molar refractivity (Wildman–Crippen MR) is 83.7 cm³/mol. The van der Waals surface area contributed by atoms with Crippen LogP contribution >= 0.6 is 0 Å². The Morgan fingerprint density at radius 3 is 2.64 bits per heavy atom. The van der Waals surface area contributed by atoms with Crippen molar-refractivity contribution in [2.75, 3.05) is 26.8 Å². The van der Waals surface area contributed by atoms with Crippen LogP contribution in [0.25, 0.3) is 6.08 Å². The minimum absolute atomic E-state index is 0.0639. The van der Waals surface area contributed by atoms with Crippen LogP contribution in [0.2, 0.25) is 0 Å². The van der Waals surface area contributed by atoms with Crippen molar-refractivity contribution in [3.63, 3.8) is 0 Å². The van der Waals surface area contributed by atoms with E-state index in [9.17, 15) is 13.2 Å². The van der Waals surface area contributed by atoms with E-state index in [4.69, 9.17) is 4.74 Å². The van der Waals surface area contributed by atoms with Crippen LogP contribution in [0.4, 0.5) is 0 Å². The molecule has 7 heteroatoms. The molecule has 0 spiro atoms. The first-order chi connectivity index (χ1) is 10.4. The van der Waals surface area contributed by atoms with Crippen molar-refractivity contribution in [2.24, 2.45) is 0 Å². The number of nitrogens with one attached hydrogen (secondary N) is 1. The third-order valence-corrected chi connectivity index (χ3v) is 4.96. The van der Waals surface area contributed by atoms with E-state index in [0.29, 0.717) is 19.8 Å². The lowest BCUT2D eigenvalue weighted by Gasteiger charge is -2.32. The van der Waals surface area contributed by atoms with Crippen molar-refractivity contribution in [2.45, 2.75) is 17.9 Å². The fourth-order valence-corrected chi connectivity index (χ4v) is 2.92. The lowest BCUT2D eigenvalue weighted by atomic mass is 10.2. The Hall–Kier alpha value is -1.70. The first kappa shape index (κ1) is 16.7. The first-order valence-electron chi connectivity index (χ1n) is 7.04. The lowest BCUT2D eigenvalue weighted by Crippen LogP contribution is -2.46. The fourth-order valence-electron chi connectivity index (χ4n) is 2.19. The second kappa shape index (κ2) is 7.04. The van der Waals surface area contributed by atoms with Gasteiger partial charge in [0.2, 0.25) is 15.9 Å². The zero-order valence-electron chi connectivity index (χ0n) is 12.7. The highest BCUT2D eigenvalue weighted by molar-refractivity contribution is 7.89. The van der Waals surface area contributed by atoms with E-state index in [0.717, 1.165) is 5.56 Å². The summed E-state index contributed by atoms with van der Waals surface area (Å²) in [7, 11) is -2.07. The summed E-state index contributed by atoms with van der Waals surface area (Å²) < 4.78 is 30.8. The average Bonchev–Trinajstić information content (AvgIpc) is 2.53. The van der Waals surface area contributed by atoms with Crippen LogP contribution in [0.15, 0.2) is 35.2 Å². The van der Waals surface area contributed by atoms with E-state index >= 15 is 0 Å². The molecule has 1 amide bonds. The molecule has 1 aliphatic heterocycles. The van der Waals surface area contributed by atoms with Gasteiger partial charge in [-0.05, 0) is 37.7 Å². The van der Waals surface area contributed by atoms with Gasteiger partial charge in [-0.3, -0.25) is 4.79 Å². The van der Waals surface area contributed by atoms with Crippen molar-refractivity contribution in [1.82, 2.24) is 9.62 Å². The Morgan fingerprint density at radius 2 is 2.05 bits per heavy atom. The first-order valence-corrected chi connectivity index (χ1v) is 8.52. The summed E-state index contributed by atoms with van der Waals surface area (Å²) in [6.07, 6.45) is 3.18. The topological polar surface area (TPSA) is 75.7 Å². The normalized spacial score (nSPS) is 19.5. The molecule has 1 heterocycles. The lowest BCUT2D eigenvalue weighted by molar-refractivity contribution is -0.133. The Morgan fingerprint density at radius 1 is 1.36 bits per heavy atom. The van der Waals surface area contributed by atoms with Gasteiger partial charge in [0.15, 0.2) is 0 Å². The largest absolute Gasteiger partial charge is 0.377 e. The molecular formula is C15H20N2O4S. The smallest absolute Gasteiger partial charge is 0.246 e. The minimum atomic E-state index is -3.43. The van der Waals surface area contributed by atoms with E-state index in [2.05, 4.69) is 4.72 Å². The van der Waals surface area contributed by atoms with Crippen LogP contribution in [0.5, 0.6) is 0 Å². The highest BCUT2D eigenvalue weighted by Gasteiger charge is 2.21. The number of benzene rings is 1. The molecule has 120 valence electrons. The molecule has 1 atom stereocenters. The van der Waals surface area contributed by atoms with Gasteiger partial charge in [0, 0.05) is 12.6 Å². The minimum Gasteiger partial charge on any atom is -0.377 e. The molecular weight excluding hydrogens is 304 g/mol. The van der Waals surface area contributed by atoms with Crippen molar-refractivity contribution >= 4 is 22.0 Å². The Balaban J connectivity index is 2.05. The third kappa shape index (κ3) is 3.94. The van der Waals surface area contributed by atoms with Crippen LogP contribution in [-0.2, 0) is 19.6 Å². The Labute approximate surface area is 130 Å². The second-order valence-corrected chi connectivity index (χ2v) is 6.95. The number of sulfonamides is 1. The van der Waals surface area contributed by atoms with Gasteiger partial charge in [0.25, 0.3) is 0 Å². The summed E-state index contributed by atoms with van der Waals surface area (Å²) in [6.45, 7) is 3.64. The fraction of sp³-hybridized carbons (Fsp3) is 0.400. The SMILES string of the molecule is CNS(=O)(=O)c1ccc(C=CC(=O)N2CCOCC2C)cc1. The molecule has 1 saturated heterocycles. The van der Waals surface area contributed by atoms with Crippen LogP contribution in [0.1, 0.15) is 12.5 Å². The maximum absolute atomic E-state index is 12.1. The van der Waals surface area contributed by atoms with Crippen molar-refractivity contribution in [3.05, 3.63) is 35.9 Å². The van der Waals surface area contributed by atoms with E-state index in [1.54, 1.807) is 23.1 Å². The van der Waals surface area contributed by atoms with E-state index in [1.165, 1.54) is 25.3 Å². The van der Waals surface area contributed by atoms with E-state index < -0.39 is 10.0 Å². The molecule has 1 N–H and O–H groups in total. The Bertz CT molecular complexity index is 653. The molecule has 22 heavy (non-hydrogen) atoms. The average molecular weight is 324 g/mol. The monoisotopic (exact) mass is 324 g/mol. The van der Waals surface area contributed by atoms with Gasteiger partial charge >= 0.3 is 0 Å². The number of hydrogen-bond acceptors (Lipinski definition) is 4. The molecule has 1 fully saturated rings. The summed E-state index contributed by atoms with van der Waals surface area (Å²) >= 11 is 0. The maximum Gasteiger partial charge on any atom is 0.246 e. The number of carbonyl (C=O) groups is 1. The van der Waals surface area contributed by atoms with Gasteiger partial charge in [0.05, 0.1) is 24.2 Å². The van der Waals surface area contributed by atoms with Gasteiger partial charge < -0.3 is 9.64 Å². The van der Waals surface area contributed by atoms with Crippen LogP contribution in [0, 0.1) is 0 Å². The van der Waals surface area contributed by atoms with E-state index in [-0.39, 0.29) is 16.8 Å². The number of carbonyl (C=O) groups excluding carboxylic acids is 1. The van der Waals surface area contributed by atoms with Gasteiger partial charge in [0.1, 0.15) is 0 Å². The quantitative estimate of drug-likeness (QED) is 0.833. The molecule has 1 aromatic rings. The summed E-state index contributed by atoms with van der Waals surface area (Å²) in [5, 5.41) is 0. The maximum atomic E-state index is 12.1. The molecule has 1 aliphatic rings. The van der Waals surface area contributed by atoms with E-state index in [1.807, 2.05) is 6.92 Å². The summed E-state index contributed by atoms with van der Waals surface area (Å²) in [6, 6.07) is 6.41. The number of amides is 1. The zero-order chi connectivity index (χ0) is 16.2. The molecule has 2 rings (SSSR count). The number of morpholine rings is 1. The summed E-state index contributed by atoms with van der Waals surface area (Å²) in [4.78, 5) is 14.1. The van der Waals surface area contributed by atoms with Gasteiger partial charge in [-0.25, -0.2) is 13.1 Å². The molecule has 0 radical (unpaired) electrons. The molecule has 1 aromatic carbocycles. The summed E-state index contributed by atoms with van der Waals surface area (Å²) in [5.74, 6) is -0.0669. The summed E-state index contributed by atoms with van der Waals surface area (Å²) in [5.41, 5.74) is 0.768. The number of hydrogen-bond donors (Lipinski definition) is 1. The van der Waals surface area contributed by atoms with Crippen LogP contribution < -0.4 is 4.72 Å². The molecule has 6 nitrogen and oxygen atoms in total. The van der Waals surface area contributed by atoms with Crippen LogP contribution in [-0.4, -0.2) is 52.1 Å². The molecule has 0 aromatic heterocycles. The zero-order valence-corrected chi connectivity index (χ0v) is 13.5. The second-order valence-electron chi connectivity index (χ2n) is 5.07.